The van der Waals surface area contributed by atoms with Gasteiger partial charge in [-0.25, -0.2) is 9.37 Å². The maximum atomic E-state index is 14.6. The van der Waals surface area contributed by atoms with Crippen LogP contribution in [0.3, 0.4) is 0 Å². The summed E-state index contributed by atoms with van der Waals surface area (Å²) in [7, 11) is 6.16. The van der Waals surface area contributed by atoms with Crippen molar-refractivity contribution >= 4 is 16.7 Å². The van der Waals surface area contributed by atoms with Crippen molar-refractivity contribution in [1.29, 1.82) is 5.26 Å². The zero-order valence-corrected chi connectivity index (χ0v) is 19.7. The molecule has 0 amide bonds. The lowest BCUT2D eigenvalue weighted by atomic mass is 9.94. The molecule has 0 saturated carbocycles. The molecule has 0 atom stereocenters. The van der Waals surface area contributed by atoms with E-state index >= 15 is 0 Å². The molecule has 34 heavy (non-hydrogen) atoms. The predicted molar refractivity (Wildman–Crippen MR) is 133 cm³/mol. The van der Waals surface area contributed by atoms with Crippen molar-refractivity contribution in [3.8, 4) is 28.3 Å². The normalized spacial score (nSPS) is 14.6. The molecule has 5 rings (SSSR count). The average molecular weight is 455 g/mol. The Bertz CT molecular complexity index is 1390. The summed E-state index contributed by atoms with van der Waals surface area (Å²) in [6.45, 7) is 1.86. The third-order valence-corrected chi connectivity index (χ3v) is 6.74. The van der Waals surface area contributed by atoms with E-state index in [0.29, 0.717) is 6.04 Å². The van der Waals surface area contributed by atoms with E-state index < -0.39 is 5.82 Å². The third kappa shape index (κ3) is 4.13. The molecule has 0 aliphatic carbocycles. The van der Waals surface area contributed by atoms with Crippen LogP contribution in [0.15, 0.2) is 54.9 Å². The van der Waals surface area contributed by atoms with Crippen molar-refractivity contribution in [2.24, 2.45) is 7.05 Å². The van der Waals surface area contributed by atoms with Crippen molar-refractivity contribution in [2.45, 2.75) is 18.9 Å². The van der Waals surface area contributed by atoms with Gasteiger partial charge in [-0.2, -0.15) is 10.4 Å². The average Bonchev–Trinajstić information content (AvgIpc) is 3.23. The highest BCUT2D eigenvalue weighted by Crippen LogP contribution is 2.36. The fraction of sp³-hybridized carbons (Fsp3) is 0.296. The molecule has 2 aromatic heterocycles. The van der Waals surface area contributed by atoms with E-state index in [2.05, 4.69) is 41.1 Å². The number of anilines is 1. The summed E-state index contributed by atoms with van der Waals surface area (Å²) in [6.07, 6.45) is 6.02. The Hall–Kier alpha value is -3.76. The van der Waals surface area contributed by atoms with Gasteiger partial charge >= 0.3 is 0 Å². The Morgan fingerprint density at radius 3 is 2.47 bits per heavy atom. The minimum Gasteiger partial charge on any atom is -0.356 e. The van der Waals surface area contributed by atoms with Gasteiger partial charge in [0.15, 0.2) is 0 Å². The fourth-order valence-electron chi connectivity index (χ4n) is 4.79. The summed E-state index contributed by atoms with van der Waals surface area (Å²) in [5, 5.41) is 14.7. The van der Waals surface area contributed by atoms with Gasteiger partial charge in [-0.05, 0) is 74.0 Å². The second-order valence-corrected chi connectivity index (χ2v) is 9.15. The first-order chi connectivity index (χ1) is 16.4. The second kappa shape index (κ2) is 8.88. The van der Waals surface area contributed by atoms with E-state index in [4.69, 9.17) is 4.98 Å². The summed E-state index contributed by atoms with van der Waals surface area (Å²) >= 11 is 0. The van der Waals surface area contributed by atoms with Crippen molar-refractivity contribution in [3.63, 3.8) is 0 Å². The van der Waals surface area contributed by atoms with Crippen LogP contribution in [0.4, 0.5) is 10.2 Å². The van der Waals surface area contributed by atoms with Gasteiger partial charge in [-0.15, -0.1) is 0 Å². The Morgan fingerprint density at radius 1 is 1.03 bits per heavy atom. The number of piperidine rings is 1. The molecule has 0 N–H and O–H groups in total. The second-order valence-electron chi connectivity index (χ2n) is 9.15. The summed E-state index contributed by atoms with van der Waals surface area (Å²) in [4.78, 5) is 9.41. The quantitative estimate of drug-likeness (QED) is 0.441. The Kier molecular flexibility index (Phi) is 5.76. The fourth-order valence-corrected chi connectivity index (χ4v) is 4.79. The molecular weight excluding hydrogens is 427 g/mol. The van der Waals surface area contributed by atoms with Crippen molar-refractivity contribution < 1.29 is 4.39 Å². The lowest BCUT2D eigenvalue weighted by molar-refractivity contribution is 0.249. The minimum absolute atomic E-state index is 0.0436. The van der Waals surface area contributed by atoms with Crippen LogP contribution in [0, 0.1) is 17.1 Å². The number of fused-ring (bicyclic) bond motifs is 1. The molecule has 0 unspecified atom stereocenters. The first-order valence-electron chi connectivity index (χ1n) is 11.5. The van der Waals surface area contributed by atoms with E-state index in [0.717, 1.165) is 64.9 Å². The molecule has 1 fully saturated rings. The summed E-state index contributed by atoms with van der Waals surface area (Å²) in [5.41, 5.74) is 4.50. The molecule has 3 heterocycles. The number of aryl methyl sites for hydroxylation is 1. The first-order valence-corrected chi connectivity index (χ1v) is 11.5. The largest absolute Gasteiger partial charge is 0.356 e. The predicted octanol–water partition coefficient (Wildman–Crippen LogP) is 4.84. The maximum Gasteiger partial charge on any atom is 0.141 e. The van der Waals surface area contributed by atoms with Crippen LogP contribution < -0.4 is 4.90 Å². The van der Waals surface area contributed by atoms with Gasteiger partial charge in [0.2, 0.25) is 0 Å². The maximum absolute atomic E-state index is 14.6. The number of hydrogen-bond acceptors (Lipinski definition) is 5. The highest BCUT2D eigenvalue weighted by Gasteiger charge is 2.23. The monoisotopic (exact) mass is 454 g/mol. The molecule has 0 bridgehead atoms. The highest BCUT2D eigenvalue weighted by atomic mass is 19.1. The van der Waals surface area contributed by atoms with Crippen LogP contribution in [0.5, 0.6) is 0 Å². The van der Waals surface area contributed by atoms with E-state index in [1.54, 1.807) is 10.7 Å². The number of pyridine rings is 1. The van der Waals surface area contributed by atoms with Crippen molar-refractivity contribution in [2.75, 3.05) is 32.1 Å². The van der Waals surface area contributed by atoms with Crippen molar-refractivity contribution in [1.82, 2.24) is 19.7 Å². The summed E-state index contributed by atoms with van der Waals surface area (Å²) in [6, 6.07) is 15.5. The summed E-state index contributed by atoms with van der Waals surface area (Å²) < 4.78 is 16.4. The van der Waals surface area contributed by atoms with Crippen LogP contribution in [0.2, 0.25) is 0 Å². The van der Waals surface area contributed by atoms with E-state index in [1.807, 2.05) is 43.7 Å². The number of aromatic nitrogens is 3. The molecule has 2 aromatic carbocycles. The van der Waals surface area contributed by atoms with Crippen LogP contribution >= 0.6 is 0 Å². The van der Waals surface area contributed by atoms with Crippen LogP contribution in [0.25, 0.3) is 33.2 Å². The van der Waals surface area contributed by atoms with Gasteiger partial charge in [-0.1, -0.05) is 12.1 Å². The first kappa shape index (κ1) is 22.1. The summed E-state index contributed by atoms with van der Waals surface area (Å²) in [5.74, 6) is 0.377. The smallest absolute Gasteiger partial charge is 0.141 e. The zero-order valence-electron chi connectivity index (χ0n) is 19.7. The molecular formula is C27H27FN6. The number of rotatable bonds is 4. The molecule has 1 aliphatic heterocycles. The van der Waals surface area contributed by atoms with E-state index in [1.165, 1.54) is 6.07 Å². The van der Waals surface area contributed by atoms with Gasteiger partial charge in [0.1, 0.15) is 17.7 Å². The third-order valence-electron chi connectivity index (χ3n) is 6.74. The van der Waals surface area contributed by atoms with Crippen LogP contribution in [0.1, 0.15) is 18.4 Å². The number of hydrogen-bond donors (Lipinski definition) is 0. The van der Waals surface area contributed by atoms with Crippen molar-refractivity contribution in [3.05, 3.63) is 66.2 Å². The number of nitrogens with zero attached hydrogens (tertiary/aromatic N) is 6. The number of benzene rings is 2. The lowest BCUT2D eigenvalue weighted by Crippen LogP contribution is -2.42. The van der Waals surface area contributed by atoms with Gasteiger partial charge in [0, 0.05) is 49.5 Å². The zero-order chi connectivity index (χ0) is 23.8. The molecule has 6 nitrogen and oxygen atoms in total. The Morgan fingerprint density at radius 2 is 1.76 bits per heavy atom. The molecule has 0 spiro atoms. The topological polar surface area (TPSA) is 61.0 Å². The molecule has 7 heteroatoms. The standard InChI is InChI=1S/C27H27FN6/c1-32(2)22-8-10-34(11-9-22)27-14-23(19-4-5-20(15-29)25(28)13-19)24(16-30-27)18-6-7-26-21(12-18)17-33(3)31-26/h4-7,12-14,16-17,22H,8-11H2,1-3H3. The Balaban J connectivity index is 1.59. The highest BCUT2D eigenvalue weighted by molar-refractivity contribution is 5.90. The Labute approximate surface area is 198 Å². The van der Waals surface area contributed by atoms with Crippen LogP contribution in [-0.4, -0.2) is 52.9 Å². The molecule has 1 saturated heterocycles. The van der Waals surface area contributed by atoms with E-state index in [9.17, 15) is 9.65 Å². The SMILES string of the molecule is CN(C)C1CCN(c2cc(-c3ccc(C#N)c(F)c3)c(-c3ccc4nn(C)cc4c3)cn2)CC1. The molecule has 172 valence electrons. The van der Waals surface area contributed by atoms with Gasteiger partial charge < -0.3 is 9.80 Å². The molecule has 1 aliphatic rings. The molecule has 0 radical (unpaired) electrons. The number of halogens is 1. The lowest BCUT2D eigenvalue weighted by Gasteiger charge is -2.36. The van der Waals surface area contributed by atoms with E-state index in [-0.39, 0.29) is 5.56 Å². The van der Waals surface area contributed by atoms with Gasteiger partial charge in [0.25, 0.3) is 0 Å². The van der Waals surface area contributed by atoms with Gasteiger partial charge in [0.05, 0.1) is 11.1 Å². The van der Waals surface area contributed by atoms with Crippen LogP contribution in [-0.2, 0) is 7.05 Å². The molecule has 4 aromatic rings. The van der Waals surface area contributed by atoms with Gasteiger partial charge in [-0.3, -0.25) is 4.68 Å². The number of nitriles is 1. The minimum atomic E-state index is -0.515.